The molecule has 0 bridgehead atoms. The van der Waals surface area contributed by atoms with E-state index in [0.29, 0.717) is 44.6 Å². The number of nitrogens with zero attached hydrogens (tertiary/aromatic N) is 3. The van der Waals surface area contributed by atoms with Gasteiger partial charge < -0.3 is 23.9 Å². The predicted octanol–water partition coefficient (Wildman–Crippen LogP) is 3.09. The van der Waals surface area contributed by atoms with Crippen LogP contribution >= 0.6 is 0 Å². The first-order valence-corrected chi connectivity index (χ1v) is 10.6. The molecule has 0 aliphatic rings. The van der Waals surface area contributed by atoms with Gasteiger partial charge in [0.25, 0.3) is 5.56 Å². The Hall–Kier alpha value is -4.18. The summed E-state index contributed by atoms with van der Waals surface area (Å²) in [5.74, 6) is 0.188. The molecule has 3 aromatic heterocycles. The Kier molecular flexibility index (Phi) is 5.29. The number of H-pyrrole nitrogens is 1. The molecule has 5 rings (SSSR count). The van der Waals surface area contributed by atoms with Crippen molar-refractivity contribution < 1.29 is 23.7 Å². The molecule has 5 aromatic rings. The second-order valence-corrected chi connectivity index (χ2v) is 7.79. The second-order valence-electron chi connectivity index (χ2n) is 7.79. The average Bonchev–Trinajstić information content (AvgIpc) is 3.14. The van der Waals surface area contributed by atoms with E-state index in [-0.39, 0.29) is 17.8 Å². The molecule has 0 aliphatic heterocycles. The van der Waals surface area contributed by atoms with E-state index in [9.17, 15) is 9.59 Å². The quantitative estimate of drug-likeness (QED) is 0.383. The van der Waals surface area contributed by atoms with Gasteiger partial charge in [0, 0.05) is 13.2 Å². The van der Waals surface area contributed by atoms with Crippen molar-refractivity contribution in [2.75, 3.05) is 27.9 Å². The van der Waals surface area contributed by atoms with E-state index in [1.165, 1.54) is 21.3 Å². The third-order valence-electron chi connectivity index (χ3n) is 5.59. The highest BCUT2D eigenvalue weighted by Crippen LogP contribution is 2.34. The molecule has 10 nitrogen and oxygen atoms in total. The lowest BCUT2D eigenvalue weighted by atomic mass is 10.2. The first kappa shape index (κ1) is 21.7. The molecule has 174 valence electrons. The number of rotatable bonds is 6. The Morgan fingerprint density at radius 2 is 1.74 bits per heavy atom. The van der Waals surface area contributed by atoms with Gasteiger partial charge in [-0.05, 0) is 25.1 Å². The average molecular weight is 462 g/mol. The summed E-state index contributed by atoms with van der Waals surface area (Å²) in [7, 11) is 4.53. The number of ether oxygens (including phenoxy) is 4. The number of para-hydroxylation sites is 2. The molecule has 0 saturated heterocycles. The molecule has 0 spiro atoms. The van der Waals surface area contributed by atoms with Gasteiger partial charge >= 0.3 is 5.97 Å². The SMILES string of the molecule is COC[C@@H](C)OC(=O)c1c2nc3ccccc3nc2n2c1[nH]c(=O)c1cc(OC)c(OC)cc12. The number of benzene rings is 2. The monoisotopic (exact) mass is 462 g/mol. The largest absolute Gasteiger partial charge is 0.493 e. The molecule has 0 unspecified atom stereocenters. The van der Waals surface area contributed by atoms with E-state index in [2.05, 4.69) is 4.98 Å². The van der Waals surface area contributed by atoms with E-state index in [4.69, 9.17) is 28.9 Å². The molecule has 0 aliphatic carbocycles. The summed E-state index contributed by atoms with van der Waals surface area (Å²) >= 11 is 0. The van der Waals surface area contributed by atoms with Crippen molar-refractivity contribution in [3.05, 3.63) is 52.3 Å². The maximum absolute atomic E-state index is 13.3. The highest BCUT2D eigenvalue weighted by atomic mass is 16.6. The first-order chi connectivity index (χ1) is 16.5. The van der Waals surface area contributed by atoms with Crippen LogP contribution in [0.1, 0.15) is 17.3 Å². The van der Waals surface area contributed by atoms with Crippen molar-refractivity contribution >= 4 is 44.7 Å². The Bertz CT molecular complexity index is 1640. The van der Waals surface area contributed by atoms with E-state index >= 15 is 0 Å². The molecule has 2 aromatic carbocycles. The van der Waals surface area contributed by atoms with Crippen molar-refractivity contribution in [1.29, 1.82) is 0 Å². The Morgan fingerprint density at radius 3 is 2.41 bits per heavy atom. The summed E-state index contributed by atoms with van der Waals surface area (Å²) in [4.78, 5) is 38.7. The van der Waals surface area contributed by atoms with Gasteiger partial charge in [-0.2, -0.15) is 0 Å². The zero-order valence-corrected chi connectivity index (χ0v) is 19.0. The lowest BCUT2D eigenvalue weighted by Gasteiger charge is -2.12. The van der Waals surface area contributed by atoms with Crippen LogP contribution < -0.4 is 15.0 Å². The molecule has 34 heavy (non-hydrogen) atoms. The molecular weight excluding hydrogens is 440 g/mol. The summed E-state index contributed by atoms with van der Waals surface area (Å²) in [6, 6.07) is 10.6. The van der Waals surface area contributed by atoms with Crippen LogP contribution in [0.3, 0.4) is 0 Å². The minimum absolute atomic E-state index is 0.116. The number of nitrogens with one attached hydrogen (secondary N) is 1. The van der Waals surface area contributed by atoms with Crippen molar-refractivity contribution in [2.24, 2.45) is 0 Å². The van der Waals surface area contributed by atoms with Gasteiger partial charge in [-0.1, -0.05) is 12.1 Å². The van der Waals surface area contributed by atoms with Crippen LogP contribution in [0.5, 0.6) is 11.5 Å². The van der Waals surface area contributed by atoms with Gasteiger partial charge in [0.1, 0.15) is 22.8 Å². The third-order valence-corrected chi connectivity index (χ3v) is 5.59. The summed E-state index contributed by atoms with van der Waals surface area (Å²) in [6.45, 7) is 1.94. The van der Waals surface area contributed by atoms with Crippen molar-refractivity contribution in [2.45, 2.75) is 13.0 Å². The van der Waals surface area contributed by atoms with E-state index < -0.39 is 17.6 Å². The number of hydrogen-bond donors (Lipinski definition) is 1. The first-order valence-electron chi connectivity index (χ1n) is 10.6. The van der Waals surface area contributed by atoms with Crippen LogP contribution in [0.2, 0.25) is 0 Å². The fourth-order valence-corrected chi connectivity index (χ4v) is 4.11. The zero-order chi connectivity index (χ0) is 24.0. The summed E-state index contributed by atoms with van der Waals surface area (Å²) in [5.41, 5.74) is 2.37. The fourth-order valence-electron chi connectivity index (χ4n) is 4.11. The second kappa shape index (κ2) is 8.31. The number of esters is 1. The zero-order valence-electron chi connectivity index (χ0n) is 19.0. The molecular formula is C24H22N4O6. The van der Waals surface area contributed by atoms with Crippen molar-refractivity contribution in [3.63, 3.8) is 0 Å². The minimum Gasteiger partial charge on any atom is -0.493 e. The van der Waals surface area contributed by atoms with Crippen molar-refractivity contribution in [1.82, 2.24) is 19.4 Å². The number of fused-ring (bicyclic) bond motifs is 6. The number of hydrogen-bond acceptors (Lipinski definition) is 8. The molecule has 0 saturated carbocycles. The normalized spacial score (nSPS) is 12.5. The maximum Gasteiger partial charge on any atom is 0.344 e. The number of carbonyl (C=O) groups is 1. The predicted molar refractivity (Wildman–Crippen MR) is 126 cm³/mol. The molecule has 0 fully saturated rings. The van der Waals surface area contributed by atoms with Crippen LogP contribution in [0.4, 0.5) is 0 Å². The van der Waals surface area contributed by atoms with Crippen molar-refractivity contribution in [3.8, 4) is 11.5 Å². The number of carbonyl (C=O) groups excluding carboxylic acids is 1. The molecule has 1 N–H and O–H groups in total. The Morgan fingerprint density at radius 1 is 1.06 bits per heavy atom. The van der Waals surface area contributed by atoms with Gasteiger partial charge in [0.15, 0.2) is 17.1 Å². The van der Waals surface area contributed by atoms with Crippen LogP contribution in [0, 0.1) is 0 Å². The highest BCUT2D eigenvalue weighted by molar-refractivity contribution is 6.11. The van der Waals surface area contributed by atoms with Crippen LogP contribution in [0.15, 0.2) is 41.2 Å². The molecule has 1 atom stereocenters. The standard InChI is InChI=1S/C24H22N4O6/c1-12(11-31-2)34-24(30)19-20-22(26-15-8-6-5-7-14(15)25-20)28-16-10-18(33-4)17(32-3)9-13(16)23(29)27-21(19)28/h5-10,12H,11H2,1-4H3,(H,27,29)/t12-/m1/s1. The lowest BCUT2D eigenvalue weighted by Crippen LogP contribution is -2.20. The topological polar surface area (TPSA) is 117 Å². The van der Waals surface area contributed by atoms with Gasteiger partial charge in [-0.15, -0.1) is 0 Å². The van der Waals surface area contributed by atoms with Gasteiger partial charge in [0.2, 0.25) is 0 Å². The Labute approximate surface area is 193 Å². The van der Waals surface area contributed by atoms with E-state index in [1.807, 2.05) is 24.3 Å². The summed E-state index contributed by atoms with van der Waals surface area (Å²) in [6.07, 6.45) is -0.507. The van der Waals surface area contributed by atoms with Gasteiger partial charge in [0.05, 0.1) is 42.8 Å². The fraction of sp³-hybridized carbons (Fsp3) is 0.250. The molecule has 3 heterocycles. The number of aromatic amines is 1. The summed E-state index contributed by atoms with van der Waals surface area (Å²) < 4.78 is 23.2. The number of aromatic nitrogens is 4. The molecule has 10 heteroatoms. The Balaban J connectivity index is 1.93. The smallest absolute Gasteiger partial charge is 0.344 e. The van der Waals surface area contributed by atoms with Crippen LogP contribution in [-0.4, -0.2) is 59.4 Å². The van der Waals surface area contributed by atoms with Gasteiger partial charge in [-0.25, -0.2) is 14.8 Å². The van der Waals surface area contributed by atoms with Crippen LogP contribution in [-0.2, 0) is 9.47 Å². The van der Waals surface area contributed by atoms with Gasteiger partial charge in [-0.3, -0.25) is 9.20 Å². The van der Waals surface area contributed by atoms with Crippen LogP contribution in [0.25, 0.3) is 38.7 Å². The lowest BCUT2D eigenvalue weighted by molar-refractivity contribution is 0.0124. The van der Waals surface area contributed by atoms with E-state index in [0.717, 1.165) is 0 Å². The summed E-state index contributed by atoms with van der Waals surface area (Å²) in [5, 5.41) is 0.338. The maximum atomic E-state index is 13.3. The highest BCUT2D eigenvalue weighted by Gasteiger charge is 2.27. The van der Waals surface area contributed by atoms with E-state index in [1.54, 1.807) is 23.5 Å². The third kappa shape index (κ3) is 3.30. The minimum atomic E-state index is -0.642. The number of methoxy groups -OCH3 is 3. The molecule has 0 radical (unpaired) electrons. The molecule has 0 amide bonds.